The van der Waals surface area contributed by atoms with Crippen molar-refractivity contribution in [1.29, 1.82) is 0 Å². The highest BCUT2D eigenvalue weighted by Gasteiger charge is 2.27. The Morgan fingerprint density at radius 1 is 1.48 bits per heavy atom. The van der Waals surface area contributed by atoms with Crippen LogP contribution in [0, 0.1) is 5.82 Å². The summed E-state index contributed by atoms with van der Waals surface area (Å²) in [5.41, 5.74) is 0.910. The molecule has 21 heavy (non-hydrogen) atoms. The zero-order valence-electron chi connectivity index (χ0n) is 12.6. The van der Waals surface area contributed by atoms with Gasteiger partial charge in [0.05, 0.1) is 19.2 Å². The second kappa shape index (κ2) is 7.00. The number of benzene rings is 1. The van der Waals surface area contributed by atoms with Gasteiger partial charge in [-0.3, -0.25) is 9.69 Å². The fourth-order valence-corrected chi connectivity index (χ4v) is 2.78. The van der Waals surface area contributed by atoms with Crippen molar-refractivity contribution >= 4 is 5.91 Å². The number of hydrogen-bond donors (Lipinski definition) is 1. The van der Waals surface area contributed by atoms with Crippen LogP contribution in [0.1, 0.15) is 31.4 Å². The maximum absolute atomic E-state index is 13.0. The predicted octanol–water partition coefficient (Wildman–Crippen LogP) is 1.80. The smallest absolute Gasteiger partial charge is 0.237 e. The molecule has 1 aromatic rings. The Labute approximate surface area is 125 Å². The van der Waals surface area contributed by atoms with E-state index in [2.05, 4.69) is 0 Å². The molecule has 1 aliphatic heterocycles. The molecule has 2 rings (SSSR count). The third-order valence-electron chi connectivity index (χ3n) is 4.37. The lowest BCUT2D eigenvalue weighted by Crippen LogP contribution is -2.42. The van der Waals surface area contributed by atoms with E-state index in [9.17, 15) is 14.3 Å². The van der Waals surface area contributed by atoms with E-state index in [0.29, 0.717) is 6.54 Å². The Bertz CT molecular complexity index is 478. The van der Waals surface area contributed by atoms with Gasteiger partial charge in [-0.1, -0.05) is 12.1 Å². The SMILES string of the molecule is CC(c1ccc(F)cc1)N(C)C(=O)CN1CCC[C@@H]1CO. The van der Waals surface area contributed by atoms with Crippen molar-refractivity contribution in [3.63, 3.8) is 0 Å². The van der Waals surface area contributed by atoms with Crippen LogP contribution in [-0.4, -0.2) is 53.6 Å². The molecule has 1 N–H and O–H groups in total. The monoisotopic (exact) mass is 294 g/mol. The number of carbonyl (C=O) groups is 1. The van der Waals surface area contributed by atoms with Crippen LogP contribution in [0.25, 0.3) is 0 Å². The van der Waals surface area contributed by atoms with Crippen LogP contribution < -0.4 is 0 Å². The van der Waals surface area contributed by atoms with Gasteiger partial charge in [0.15, 0.2) is 0 Å². The Morgan fingerprint density at radius 3 is 2.76 bits per heavy atom. The molecule has 1 unspecified atom stereocenters. The summed E-state index contributed by atoms with van der Waals surface area (Å²) in [7, 11) is 1.76. The second-order valence-corrected chi connectivity index (χ2v) is 5.68. The molecule has 0 aromatic heterocycles. The number of halogens is 1. The summed E-state index contributed by atoms with van der Waals surface area (Å²) in [5.74, 6) is -0.255. The van der Waals surface area contributed by atoms with Gasteiger partial charge in [0.1, 0.15) is 5.82 Å². The molecule has 1 fully saturated rings. The van der Waals surface area contributed by atoms with E-state index in [1.165, 1.54) is 12.1 Å². The molecule has 0 radical (unpaired) electrons. The normalized spacial score (nSPS) is 20.5. The maximum Gasteiger partial charge on any atom is 0.237 e. The standard InChI is InChI=1S/C16H23FN2O2/c1-12(13-5-7-14(17)8-6-13)18(2)16(21)10-19-9-3-4-15(19)11-20/h5-8,12,15,20H,3-4,9-11H2,1-2H3/t12?,15-/m1/s1. The highest BCUT2D eigenvalue weighted by Crippen LogP contribution is 2.21. The largest absolute Gasteiger partial charge is 0.395 e. The minimum Gasteiger partial charge on any atom is -0.395 e. The van der Waals surface area contributed by atoms with Crippen molar-refractivity contribution in [2.75, 3.05) is 26.7 Å². The quantitative estimate of drug-likeness (QED) is 0.900. The Balaban J connectivity index is 1.96. The van der Waals surface area contributed by atoms with Gasteiger partial charge in [-0.15, -0.1) is 0 Å². The van der Waals surface area contributed by atoms with Gasteiger partial charge in [-0.2, -0.15) is 0 Å². The number of hydrogen-bond acceptors (Lipinski definition) is 3. The first-order valence-electron chi connectivity index (χ1n) is 7.39. The molecule has 5 heteroatoms. The molecule has 1 aromatic carbocycles. The molecule has 0 spiro atoms. The van der Waals surface area contributed by atoms with Crippen LogP contribution in [0.2, 0.25) is 0 Å². The maximum atomic E-state index is 13.0. The van der Waals surface area contributed by atoms with Crippen LogP contribution in [0.4, 0.5) is 4.39 Å². The van der Waals surface area contributed by atoms with Crippen molar-refractivity contribution in [2.45, 2.75) is 31.8 Å². The fraction of sp³-hybridized carbons (Fsp3) is 0.562. The van der Waals surface area contributed by atoms with Crippen LogP contribution >= 0.6 is 0 Å². The van der Waals surface area contributed by atoms with Crippen molar-refractivity contribution in [1.82, 2.24) is 9.80 Å². The number of rotatable bonds is 5. The van der Waals surface area contributed by atoms with E-state index in [4.69, 9.17) is 0 Å². The van der Waals surface area contributed by atoms with E-state index in [1.54, 1.807) is 24.1 Å². The molecule has 2 atom stereocenters. The van der Waals surface area contributed by atoms with Crippen LogP contribution in [0.15, 0.2) is 24.3 Å². The average molecular weight is 294 g/mol. The van der Waals surface area contributed by atoms with Gasteiger partial charge in [0.2, 0.25) is 5.91 Å². The summed E-state index contributed by atoms with van der Waals surface area (Å²) in [4.78, 5) is 16.1. The first-order chi connectivity index (χ1) is 10.0. The van der Waals surface area contributed by atoms with Gasteiger partial charge in [0, 0.05) is 13.1 Å². The number of carbonyl (C=O) groups excluding carboxylic acids is 1. The van der Waals surface area contributed by atoms with E-state index in [-0.39, 0.29) is 30.4 Å². The van der Waals surface area contributed by atoms with Gasteiger partial charge in [-0.05, 0) is 44.0 Å². The molecule has 116 valence electrons. The van der Waals surface area contributed by atoms with E-state index < -0.39 is 0 Å². The van der Waals surface area contributed by atoms with Crippen LogP contribution in [0.5, 0.6) is 0 Å². The Morgan fingerprint density at radius 2 is 2.14 bits per heavy atom. The number of aliphatic hydroxyl groups is 1. The van der Waals surface area contributed by atoms with Crippen molar-refractivity contribution in [3.05, 3.63) is 35.6 Å². The number of likely N-dealkylation sites (tertiary alicyclic amines) is 1. The molecular formula is C16H23FN2O2. The van der Waals surface area contributed by atoms with Gasteiger partial charge in [-0.25, -0.2) is 4.39 Å². The lowest BCUT2D eigenvalue weighted by atomic mass is 10.1. The van der Waals surface area contributed by atoms with Gasteiger partial charge in [0.25, 0.3) is 0 Å². The summed E-state index contributed by atoms with van der Waals surface area (Å²) in [6.45, 7) is 3.21. The van der Waals surface area contributed by atoms with E-state index in [0.717, 1.165) is 24.9 Å². The van der Waals surface area contributed by atoms with Crippen molar-refractivity contribution in [2.24, 2.45) is 0 Å². The lowest BCUT2D eigenvalue weighted by molar-refractivity contribution is -0.133. The average Bonchev–Trinajstić information content (AvgIpc) is 2.93. The predicted molar refractivity (Wildman–Crippen MR) is 79.3 cm³/mol. The molecule has 0 aliphatic carbocycles. The van der Waals surface area contributed by atoms with Crippen molar-refractivity contribution in [3.8, 4) is 0 Å². The summed E-state index contributed by atoms with van der Waals surface area (Å²) in [6.07, 6.45) is 1.97. The third-order valence-corrected chi connectivity index (χ3v) is 4.37. The summed E-state index contributed by atoms with van der Waals surface area (Å²) in [6, 6.07) is 6.22. The Kier molecular flexibility index (Phi) is 5.31. The second-order valence-electron chi connectivity index (χ2n) is 5.68. The van der Waals surface area contributed by atoms with E-state index >= 15 is 0 Å². The first-order valence-corrected chi connectivity index (χ1v) is 7.39. The molecule has 1 heterocycles. The zero-order chi connectivity index (χ0) is 15.4. The molecular weight excluding hydrogens is 271 g/mol. The molecule has 0 saturated carbocycles. The highest BCUT2D eigenvalue weighted by molar-refractivity contribution is 5.78. The summed E-state index contributed by atoms with van der Waals surface area (Å²) in [5, 5.41) is 9.30. The van der Waals surface area contributed by atoms with Crippen LogP contribution in [0.3, 0.4) is 0 Å². The molecule has 1 saturated heterocycles. The number of likely N-dealkylation sites (N-methyl/N-ethyl adjacent to an activating group) is 1. The Hall–Kier alpha value is -1.46. The molecule has 1 amide bonds. The first kappa shape index (κ1) is 15.9. The minimum absolute atomic E-state index is 0.0205. The molecule has 4 nitrogen and oxygen atoms in total. The van der Waals surface area contributed by atoms with Gasteiger partial charge < -0.3 is 10.0 Å². The minimum atomic E-state index is -0.275. The topological polar surface area (TPSA) is 43.8 Å². The molecule has 1 aliphatic rings. The summed E-state index contributed by atoms with van der Waals surface area (Å²) < 4.78 is 13.0. The number of nitrogens with zero attached hydrogens (tertiary/aromatic N) is 2. The number of aliphatic hydroxyl groups excluding tert-OH is 1. The van der Waals surface area contributed by atoms with E-state index in [1.807, 2.05) is 11.8 Å². The fourth-order valence-electron chi connectivity index (χ4n) is 2.78. The number of amides is 1. The van der Waals surface area contributed by atoms with Gasteiger partial charge >= 0.3 is 0 Å². The summed E-state index contributed by atoms with van der Waals surface area (Å²) >= 11 is 0. The highest BCUT2D eigenvalue weighted by atomic mass is 19.1. The third kappa shape index (κ3) is 3.80. The lowest BCUT2D eigenvalue weighted by Gasteiger charge is -2.29. The van der Waals surface area contributed by atoms with Crippen molar-refractivity contribution < 1.29 is 14.3 Å². The zero-order valence-corrected chi connectivity index (χ0v) is 12.6. The van der Waals surface area contributed by atoms with Crippen LogP contribution in [-0.2, 0) is 4.79 Å². The molecule has 0 bridgehead atoms.